The fourth-order valence-electron chi connectivity index (χ4n) is 1.51. The largest absolute Gasteiger partial charge is 0.492 e. The number of benzene rings is 1. The molecule has 0 saturated heterocycles. The molecule has 2 N–H and O–H groups in total. The quantitative estimate of drug-likeness (QED) is 0.692. The van der Waals surface area contributed by atoms with Crippen LogP contribution in [0.1, 0.15) is 13.8 Å². The summed E-state index contributed by atoms with van der Waals surface area (Å²) in [5.74, 6) is 0.228. The minimum Gasteiger partial charge on any atom is -0.492 e. The molecule has 1 aromatic carbocycles. The number of hydrogen-bond acceptors (Lipinski definition) is 4. The fourth-order valence-corrected chi connectivity index (χ4v) is 1.77. The molecule has 1 rings (SSSR count). The first-order valence-corrected chi connectivity index (χ1v) is 6.62. The predicted molar refractivity (Wildman–Crippen MR) is 77.7 cm³/mol. The van der Waals surface area contributed by atoms with Gasteiger partial charge in [0.2, 0.25) is 11.8 Å². The van der Waals surface area contributed by atoms with E-state index in [0.717, 1.165) is 0 Å². The zero-order chi connectivity index (χ0) is 14.3. The third-order valence-electron chi connectivity index (χ3n) is 2.32. The van der Waals surface area contributed by atoms with E-state index in [1.165, 1.54) is 6.92 Å². The van der Waals surface area contributed by atoms with Crippen molar-refractivity contribution in [1.29, 1.82) is 0 Å². The standard InChI is InChI=1S/C13H18N2O3S/c1-3-18-12-7-5-4-6-10(12)15-13(17)11(8-19)14-9(2)16/h4-7,11,19H,3,8H2,1-2H3,(H,14,16)(H,15,17). The lowest BCUT2D eigenvalue weighted by Crippen LogP contribution is -2.44. The molecule has 1 atom stereocenters. The normalized spacial score (nSPS) is 11.5. The second kappa shape index (κ2) is 7.68. The third kappa shape index (κ3) is 4.82. The summed E-state index contributed by atoms with van der Waals surface area (Å²) in [4.78, 5) is 23.0. The Bertz CT molecular complexity index is 451. The van der Waals surface area contributed by atoms with E-state index in [9.17, 15) is 9.59 Å². The van der Waals surface area contributed by atoms with Crippen LogP contribution < -0.4 is 15.4 Å². The smallest absolute Gasteiger partial charge is 0.247 e. The van der Waals surface area contributed by atoms with Crippen molar-refractivity contribution in [3.63, 3.8) is 0 Å². The highest BCUT2D eigenvalue weighted by atomic mass is 32.1. The van der Waals surface area contributed by atoms with Gasteiger partial charge in [-0.25, -0.2) is 0 Å². The van der Waals surface area contributed by atoms with Gasteiger partial charge >= 0.3 is 0 Å². The van der Waals surface area contributed by atoms with Crippen LogP contribution in [0.2, 0.25) is 0 Å². The van der Waals surface area contributed by atoms with E-state index in [0.29, 0.717) is 18.0 Å². The van der Waals surface area contributed by atoms with Crippen LogP contribution >= 0.6 is 12.6 Å². The lowest BCUT2D eigenvalue weighted by atomic mass is 10.2. The maximum Gasteiger partial charge on any atom is 0.247 e. The second-order valence-electron chi connectivity index (χ2n) is 3.85. The summed E-state index contributed by atoms with van der Waals surface area (Å²) in [7, 11) is 0. The van der Waals surface area contributed by atoms with Gasteiger partial charge in [0.05, 0.1) is 12.3 Å². The lowest BCUT2D eigenvalue weighted by molar-refractivity contribution is -0.124. The lowest BCUT2D eigenvalue weighted by Gasteiger charge is -2.17. The van der Waals surface area contributed by atoms with Gasteiger partial charge in [-0.05, 0) is 19.1 Å². The first kappa shape index (κ1) is 15.4. The molecule has 0 fully saturated rings. The summed E-state index contributed by atoms with van der Waals surface area (Å²) < 4.78 is 5.41. The molecule has 1 unspecified atom stereocenters. The van der Waals surface area contributed by atoms with Crippen molar-refractivity contribution in [3.8, 4) is 5.75 Å². The average Bonchev–Trinajstić information content (AvgIpc) is 2.38. The number of rotatable bonds is 6. The van der Waals surface area contributed by atoms with Crippen LogP contribution in [0.3, 0.4) is 0 Å². The summed E-state index contributed by atoms with van der Waals surface area (Å²) in [6.45, 7) is 3.73. The van der Waals surface area contributed by atoms with Gasteiger partial charge in [-0.15, -0.1) is 0 Å². The first-order chi connectivity index (χ1) is 9.08. The molecule has 0 saturated carbocycles. The molecule has 2 amide bonds. The van der Waals surface area contributed by atoms with E-state index in [-0.39, 0.29) is 17.6 Å². The molecule has 0 spiro atoms. The molecular formula is C13H18N2O3S. The minimum absolute atomic E-state index is 0.224. The molecule has 0 aromatic heterocycles. The van der Waals surface area contributed by atoms with Gasteiger partial charge in [-0.1, -0.05) is 12.1 Å². The average molecular weight is 282 g/mol. The molecule has 0 aliphatic heterocycles. The highest BCUT2D eigenvalue weighted by molar-refractivity contribution is 7.80. The molecule has 1 aromatic rings. The fraction of sp³-hybridized carbons (Fsp3) is 0.385. The molecule has 5 nitrogen and oxygen atoms in total. The maximum atomic E-state index is 12.0. The van der Waals surface area contributed by atoms with Crippen molar-refractivity contribution in [1.82, 2.24) is 5.32 Å². The number of anilines is 1. The molecule has 19 heavy (non-hydrogen) atoms. The molecular weight excluding hydrogens is 264 g/mol. The Kier molecular flexibility index (Phi) is 6.21. The number of nitrogens with one attached hydrogen (secondary N) is 2. The van der Waals surface area contributed by atoms with Gasteiger partial charge in [0, 0.05) is 12.7 Å². The van der Waals surface area contributed by atoms with Crippen LogP contribution in [0.25, 0.3) is 0 Å². The van der Waals surface area contributed by atoms with Gasteiger partial charge in [-0.2, -0.15) is 12.6 Å². The van der Waals surface area contributed by atoms with E-state index in [1.54, 1.807) is 18.2 Å². The molecule has 104 valence electrons. The van der Waals surface area contributed by atoms with Crippen molar-refractivity contribution in [2.24, 2.45) is 0 Å². The van der Waals surface area contributed by atoms with Gasteiger partial charge in [0.1, 0.15) is 11.8 Å². The van der Waals surface area contributed by atoms with Crippen LogP contribution in [0, 0.1) is 0 Å². The predicted octanol–water partition coefficient (Wildman–Crippen LogP) is 1.46. The van der Waals surface area contributed by atoms with E-state index in [4.69, 9.17) is 4.74 Å². The summed E-state index contributed by atoms with van der Waals surface area (Å²) in [5, 5.41) is 5.26. The highest BCUT2D eigenvalue weighted by Gasteiger charge is 2.18. The molecule has 0 bridgehead atoms. The summed E-state index contributed by atoms with van der Waals surface area (Å²) >= 11 is 4.06. The van der Waals surface area contributed by atoms with Gasteiger partial charge in [-0.3, -0.25) is 9.59 Å². The third-order valence-corrected chi connectivity index (χ3v) is 2.69. The number of hydrogen-bond donors (Lipinski definition) is 3. The Morgan fingerprint density at radius 3 is 2.63 bits per heavy atom. The summed E-state index contributed by atoms with van der Waals surface area (Å²) in [6.07, 6.45) is 0. The second-order valence-corrected chi connectivity index (χ2v) is 4.22. The molecule has 0 aliphatic carbocycles. The highest BCUT2D eigenvalue weighted by Crippen LogP contribution is 2.23. The summed E-state index contributed by atoms with van der Waals surface area (Å²) in [6, 6.07) is 6.46. The number of ether oxygens (including phenoxy) is 1. The van der Waals surface area contributed by atoms with E-state index in [2.05, 4.69) is 23.3 Å². The zero-order valence-electron chi connectivity index (χ0n) is 11.0. The Morgan fingerprint density at radius 2 is 2.05 bits per heavy atom. The molecule has 0 heterocycles. The van der Waals surface area contributed by atoms with Crippen molar-refractivity contribution >= 4 is 30.1 Å². The molecule has 0 radical (unpaired) electrons. The zero-order valence-corrected chi connectivity index (χ0v) is 11.9. The van der Waals surface area contributed by atoms with Crippen molar-refractivity contribution < 1.29 is 14.3 Å². The van der Waals surface area contributed by atoms with Crippen LogP contribution in [-0.4, -0.2) is 30.2 Å². The van der Waals surface area contributed by atoms with Crippen LogP contribution in [0.15, 0.2) is 24.3 Å². The van der Waals surface area contributed by atoms with Crippen LogP contribution in [-0.2, 0) is 9.59 Å². The van der Waals surface area contributed by atoms with Gasteiger partial charge in [0.15, 0.2) is 0 Å². The number of thiol groups is 1. The Balaban J connectivity index is 2.77. The van der Waals surface area contributed by atoms with Gasteiger partial charge in [0.25, 0.3) is 0 Å². The van der Waals surface area contributed by atoms with Crippen LogP contribution in [0.4, 0.5) is 5.69 Å². The Morgan fingerprint density at radius 1 is 1.37 bits per heavy atom. The molecule has 6 heteroatoms. The van der Waals surface area contributed by atoms with Crippen molar-refractivity contribution in [2.45, 2.75) is 19.9 Å². The van der Waals surface area contributed by atoms with E-state index in [1.807, 2.05) is 13.0 Å². The Labute approximate surface area is 118 Å². The van der Waals surface area contributed by atoms with Crippen LogP contribution in [0.5, 0.6) is 5.75 Å². The van der Waals surface area contributed by atoms with Crippen molar-refractivity contribution in [3.05, 3.63) is 24.3 Å². The maximum absolute atomic E-state index is 12.0. The monoisotopic (exact) mass is 282 g/mol. The number of carbonyl (C=O) groups is 2. The topological polar surface area (TPSA) is 67.4 Å². The minimum atomic E-state index is -0.671. The van der Waals surface area contributed by atoms with Gasteiger partial charge < -0.3 is 15.4 Å². The number of para-hydroxylation sites is 2. The van der Waals surface area contributed by atoms with Crippen molar-refractivity contribution in [2.75, 3.05) is 17.7 Å². The first-order valence-electron chi connectivity index (χ1n) is 5.99. The SMILES string of the molecule is CCOc1ccccc1NC(=O)C(CS)NC(C)=O. The van der Waals surface area contributed by atoms with E-state index >= 15 is 0 Å². The Hall–Kier alpha value is -1.69. The number of amides is 2. The van der Waals surface area contributed by atoms with E-state index < -0.39 is 6.04 Å². The molecule has 0 aliphatic rings. The number of carbonyl (C=O) groups excluding carboxylic acids is 2. The summed E-state index contributed by atoms with van der Waals surface area (Å²) in [5.41, 5.74) is 0.575.